The van der Waals surface area contributed by atoms with Crippen molar-refractivity contribution in [1.29, 1.82) is 0 Å². The van der Waals surface area contributed by atoms with Crippen LogP contribution < -0.4 is 9.46 Å². The first kappa shape index (κ1) is 13.8. The third kappa shape index (κ3) is 3.45. The van der Waals surface area contributed by atoms with Gasteiger partial charge in [0.1, 0.15) is 11.6 Å². The standard InChI is InChI=1S/C12H17N3O3S/c1-3-19(16,17)13-7-6-12-14-10-5-4-9(18-2)8-11(10)15-12/h4-5,8,13H,3,6-7H2,1-2H3,(H,14,15). The Kier molecular flexibility index (Phi) is 4.06. The molecule has 1 heterocycles. The molecular weight excluding hydrogens is 266 g/mol. The quantitative estimate of drug-likeness (QED) is 0.830. The lowest BCUT2D eigenvalue weighted by Crippen LogP contribution is -2.27. The number of imidazole rings is 1. The summed E-state index contributed by atoms with van der Waals surface area (Å²) in [7, 11) is -1.53. The Morgan fingerprint density at radius 1 is 1.42 bits per heavy atom. The number of nitrogens with zero attached hydrogens (tertiary/aromatic N) is 1. The van der Waals surface area contributed by atoms with E-state index in [1.165, 1.54) is 0 Å². The highest BCUT2D eigenvalue weighted by atomic mass is 32.2. The number of fused-ring (bicyclic) bond motifs is 1. The van der Waals surface area contributed by atoms with Gasteiger partial charge >= 0.3 is 0 Å². The molecule has 1 aromatic heterocycles. The lowest BCUT2D eigenvalue weighted by molar-refractivity contribution is 0.415. The molecular formula is C12H17N3O3S. The zero-order chi connectivity index (χ0) is 13.9. The van der Waals surface area contributed by atoms with Crippen LogP contribution in [0.5, 0.6) is 5.75 Å². The van der Waals surface area contributed by atoms with Gasteiger partial charge in [-0.1, -0.05) is 0 Å². The van der Waals surface area contributed by atoms with Gasteiger partial charge < -0.3 is 9.72 Å². The van der Waals surface area contributed by atoms with Crippen molar-refractivity contribution >= 4 is 21.1 Å². The molecule has 2 rings (SSSR count). The van der Waals surface area contributed by atoms with Crippen LogP contribution in [-0.4, -0.2) is 37.8 Å². The number of aromatic amines is 1. The number of rotatable bonds is 6. The van der Waals surface area contributed by atoms with E-state index in [4.69, 9.17) is 4.74 Å². The van der Waals surface area contributed by atoms with Crippen molar-refractivity contribution in [3.05, 3.63) is 24.0 Å². The maximum absolute atomic E-state index is 11.3. The van der Waals surface area contributed by atoms with E-state index in [0.717, 1.165) is 22.6 Å². The van der Waals surface area contributed by atoms with E-state index in [-0.39, 0.29) is 5.75 Å². The summed E-state index contributed by atoms with van der Waals surface area (Å²) in [6.07, 6.45) is 0.524. The van der Waals surface area contributed by atoms with E-state index in [1.807, 2.05) is 18.2 Å². The molecule has 0 atom stereocenters. The first-order chi connectivity index (χ1) is 9.04. The summed E-state index contributed by atoms with van der Waals surface area (Å²) in [5, 5.41) is 0. The third-order valence-electron chi connectivity index (χ3n) is 2.80. The van der Waals surface area contributed by atoms with Crippen molar-refractivity contribution < 1.29 is 13.2 Å². The molecule has 0 unspecified atom stereocenters. The summed E-state index contributed by atoms with van der Waals surface area (Å²) < 4.78 is 30.2. The summed E-state index contributed by atoms with van der Waals surface area (Å²) >= 11 is 0. The maximum Gasteiger partial charge on any atom is 0.211 e. The van der Waals surface area contributed by atoms with Gasteiger partial charge in [0, 0.05) is 19.0 Å². The second-order valence-corrected chi connectivity index (χ2v) is 6.21. The minimum absolute atomic E-state index is 0.0876. The van der Waals surface area contributed by atoms with Crippen molar-refractivity contribution in [2.75, 3.05) is 19.4 Å². The molecule has 0 saturated carbocycles. The Morgan fingerprint density at radius 3 is 2.89 bits per heavy atom. The Labute approximate surface area is 112 Å². The van der Waals surface area contributed by atoms with Gasteiger partial charge in [0.25, 0.3) is 0 Å². The highest BCUT2D eigenvalue weighted by Gasteiger charge is 2.07. The monoisotopic (exact) mass is 283 g/mol. The molecule has 0 radical (unpaired) electrons. The molecule has 0 bridgehead atoms. The van der Waals surface area contributed by atoms with Gasteiger partial charge in [-0.05, 0) is 19.1 Å². The second kappa shape index (κ2) is 5.58. The van der Waals surface area contributed by atoms with Gasteiger partial charge in [0.2, 0.25) is 10.0 Å². The average molecular weight is 283 g/mol. The molecule has 0 spiro atoms. The van der Waals surface area contributed by atoms with Gasteiger partial charge in [-0.25, -0.2) is 18.1 Å². The number of hydrogen-bond acceptors (Lipinski definition) is 4. The number of methoxy groups -OCH3 is 1. The van der Waals surface area contributed by atoms with E-state index in [2.05, 4.69) is 14.7 Å². The highest BCUT2D eigenvalue weighted by Crippen LogP contribution is 2.18. The third-order valence-corrected chi connectivity index (χ3v) is 4.21. The van der Waals surface area contributed by atoms with Crippen molar-refractivity contribution in [2.24, 2.45) is 0 Å². The maximum atomic E-state index is 11.3. The van der Waals surface area contributed by atoms with Crippen molar-refractivity contribution in [3.8, 4) is 5.75 Å². The Balaban J connectivity index is 2.05. The fourth-order valence-electron chi connectivity index (χ4n) is 1.71. The molecule has 0 fully saturated rings. The van der Waals surface area contributed by atoms with Gasteiger partial charge in [-0.3, -0.25) is 0 Å². The number of nitrogens with one attached hydrogen (secondary N) is 2. The van der Waals surface area contributed by atoms with Gasteiger partial charge in [-0.15, -0.1) is 0 Å². The lowest BCUT2D eigenvalue weighted by Gasteiger charge is -2.01. The molecule has 19 heavy (non-hydrogen) atoms. The minimum Gasteiger partial charge on any atom is -0.497 e. The van der Waals surface area contributed by atoms with Gasteiger partial charge in [0.15, 0.2) is 0 Å². The van der Waals surface area contributed by atoms with E-state index < -0.39 is 10.0 Å². The number of aromatic nitrogens is 2. The normalized spacial score (nSPS) is 11.9. The minimum atomic E-state index is -3.14. The smallest absolute Gasteiger partial charge is 0.211 e. The van der Waals surface area contributed by atoms with Crippen molar-refractivity contribution in [1.82, 2.24) is 14.7 Å². The number of benzene rings is 1. The van der Waals surface area contributed by atoms with Crippen LogP contribution >= 0.6 is 0 Å². The van der Waals surface area contributed by atoms with Crippen LogP contribution in [-0.2, 0) is 16.4 Å². The number of hydrogen-bond donors (Lipinski definition) is 2. The largest absolute Gasteiger partial charge is 0.497 e. The second-order valence-electron chi connectivity index (χ2n) is 4.11. The van der Waals surface area contributed by atoms with E-state index in [1.54, 1.807) is 14.0 Å². The Morgan fingerprint density at radius 2 is 2.21 bits per heavy atom. The van der Waals surface area contributed by atoms with E-state index >= 15 is 0 Å². The molecule has 0 amide bonds. The summed E-state index contributed by atoms with van der Waals surface area (Å²) in [6, 6.07) is 5.57. The van der Waals surface area contributed by atoms with Crippen LogP contribution in [0.2, 0.25) is 0 Å². The fraction of sp³-hybridized carbons (Fsp3) is 0.417. The number of sulfonamides is 1. The lowest BCUT2D eigenvalue weighted by atomic mass is 10.3. The van der Waals surface area contributed by atoms with Crippen LogP contribution in [0.4, 0.5) is 0 Å². The molecule has 0 aliphatic carbocycles. The zero-order valence-corrected chi connectivity index (χ0v) is 11.8. The van der Waals surface area contributed by atoms with E-state index in [9.17, 15) is 8.42 Å². The Hall–Kier alpha value is -1.60. The van der Waals surface area contributed by atoms with Crippen LogP contribution in [0.1, 0.15) is 12.7 Å². The van der Waals surface area contributed by atoms with Gasteiger partial charge in [-0.2, -0.15) is 0 Å². The average Bonchev–Trinajstić information content (AvgIpc) is 2.79. The van der Waals surface area contributed by atoms with Crippen LogP contribution in [0.15, 0.2) is 18.2 Å². The molecule has 0 aliphatic rings. The molecule has 1 aromatic carbocycles. The molecule has 0 aliphatic heterocycles. The van der Waals surface area contributed by atoms with Gasteiger partial charge in [0.05, 0.1) is 23.9 Å². The molecule has 6 nitrogen and oxygen atoms in total. The number of ether oxygens (including phenoxy) is 1. The van der Waals surface area contributed by atoms with Crippen LogP contribution in [0.25, 0.3) is 11.0 Å². The van der Waals surface area contributed by atoms with Crippen LogP contribution in [0, 0.1) is 0 Å². The Bertz CT molecular complexity index is 664. The first-order valence-electron chi connectivity index (χ1n) is 6.04. The first-order valence-corrected chi connectivity index (χ1v) is 7.69. The fourth-order valence-corrected chi connectivity index (χ4v) is 2.33. The topological polar surface area (TPSA) is 84.1 Å². The van der Waals surface area contributed by atoms with E-state index in [0.29, 0.717) is 13.0 Å². The SMILES string of the molecule is CCS(=O)(=O)NCCc1nc2ccc(OC)cc2[nH]1. The molecule has 0 saturated heterocycles. The predicted molar refractivity (Wildman–Crippen MR) is 73.8 cm³/mol. The summed E-state index contributed by atoms with van der Waals surface area (Å²) in [6.45, 7) is 1.95. The molecule has 104 valence electrons. The summed E-state index contributed by atoms with van der Waals surface area (Å²) in [5.41, 5.74) is 1.72. The summed E-state index contributed by atoms with van der Waals surface area (Å²) in [5.74, 6) is 1.60. The van der Waals surface area contributed by atoms with Crippen molar-refractivity contribution in [3.63, 3.8) is 0 Å². The highest BCUT2D eigenvalue weighted by molar-refractivity contribution is 7.89. The molecule has 2 N–H and O–H groups in total. The predicted octanol–water partition coefficient (Wildman–Crippen LogP) is 1.05. The molecule has 2 aromatic rings. The zero-order valence-electron chi connectivity index (χ0n) is 10.9. The van der Waals surface area contributed by atoms with Crippen LogP contribution in [0.3, 0.4) is 0 Å². The molecule has 7 heteroatoms. The number of H-pyrrole nitrogens is 1. The van der Waals surface area contributed by atoms with Crippen molar-refractivity contribution in [2.45, 2.75) is 13.3 Å². The summed E-state index contributed by atoms with van der Waals surface area (Å²) in [4.78, 5) is 7.54.